The smallest absolute Gasteiger partial charge is 0.269 e. The fourth-order valence-corrected chi connectivity index (χ4v) is 3.09. The largest absolute Gasteiger partial charge is 0.457 e. The minimum Gasteiger partial charge on any atom is -0.457 e. The fraction of sp³-hybridized carbons (Fsp3) is 0.250. The standard InChI is InChI=1S/C24H25NO4/c1-3-24(2,20-12-14-21(15-13-20)25(26)27)18-28-17-19-8-7-11-23(16-19)29-22-9-5-4-6-10-22/h4-16H,3,17-18H2,1-2H3. The molecule has 150 valence electrons. The Kier molecular flexibility index (Phi) is 6.62. The van der Waals surface area contributed by atoms with Crippen LogP contribution in [0, 0.1) is 10.1 Å². The van der Waals surface area contributed by atoms with Gasteiger partial charge < -0.3 is 9.47 Å². The third-order valence-corrected chi connectivity index (χ3v) is 5.12. The van der Waals surface area contributed by atoms with Crippen LogP contribution in [0.4, 0.5) is 5.69 Å². The first kappa shape index (κ1) is 20.6. The van der Waals surface area contributed by atoms with Gasteiger partial charge in [0.1, 0.15) is 11.5 Å². The Bertz CT molecular complexity index is 941. The molecular formula is C24H25NO4. The van der Waals surface area contributed by atoms with Crippen LogP contribution in [0.1, 0.15) is 31.4 Å². The van der Waals surface area contributed by atoms with Gasteiger partial charge in [-0.2, -0.15) is 0 Å². The summed E-state index contributed by atoms with van der Waals surface area (Å²) in [4.78, 5) is 10.5. The zero-order valence-corrected chi connectivity index (χ0v) is 16.7. The van der Waals surface area contributed by atoms with E-state index >= 15 is 0 Å². The molecule has 0 heterocycles. The monoisotopic (exact) mass is 391 g/mol. The molecule has 0 spiro atoms. The SMILES string of the molecule is CCC(C)(COCc1cccc(Oc2ccccc2)c1)c1ccc([N+](=O)[O-])cc1. The highest BCUT2D eigenvalue weighted by Gasteiger charge is 2.25. The molecule has 0 N–H and O–H groups in total. The van der Waals surface area contributed by atoms with Gasteiger partial charge in [0, 0.05) is 17.5 Å². The van der Waals surface area contributed by atoms with Gasteiger partial charge in [0.2, 0.25) is 0 Å². The lowest BCUT2D eigenvalue weighted by Gasteiger charge is -2.28. The van der Waals surface area contributed by atoms with E-state index in [-0.39, 0.29) is 16.0 Å². The maximum atomic E-state index is 10.9. The van der Waals surface area contributed by atoms with Crippen molar-refractivity contribution < 1.29 is 14.4 Å². The number of hydrogen-bond acceptors (Lipinski definition) is 4. The second-order valence-corrected chi connectivity index (χ2v) is 7.27. The summed E-state index contributed by atoms with van der Waals surface area (Å²) in [7, 11) is 0. The molecule has 0 aliphatic rings. The zero-order valence-electron chi connectivity index (χ0n) is 16.7. The van der Waals surface area contributed by atoms with E-state index in [0.717, 1.165) is 29.0 Å². The van der Waals surface area contributed by atoms with Crippen LogP contribution >= 0.6 is 0 Å². The topological polar surface area (TPSA) is 61.6 Å². The molecule has 0 aromatic heterocycles. The van der Waals surface area contributed by atoms with Crippen LogP contribution in [0.15, 0.2) is 78.9 Å². The van der Waals surface area contributed by atoms with E-state index in [1.54, 1.807) is 12.1 Å². The number of para-hydroxylation sites is 1. The van der Waals surface area contributed by atoms with E-state index in [1.807, 2.05) is 66.7 Å². The summed E-state index contributed by atoms with van der Waals surface area (Å²) in [6.45, 7) is 5.20. The number of non-ortho nitro benzene ring substituents is 1. The first-order chi connectivity index (χ1) is 14.0. The highest BCUT2D eigenvalue weighted by molar-refractivity contribution is 5.36. The Balaban J connectivity index is 1.61. The zero-order chi connectivity index (χ0) is 20.7. The van der Waals surface area contributed by atoms with E-state index < -0.39 is 0 Å². The highest BCUT2D eigenvalue weighted by Crippen LogP contribution is 2.30. The number of ether oxygens (including phenoxy) is 2. The molecule has 1 atom stereocenters. The van der Waals surface area contributed by atoms with E-state index in [0.29, 0.717) is 13.2 Å². The molecule has 0 saturated carbocycles. The van der Waals surface area contributed by atoms with Gasteiger partial charge in [0.05, 0.1) is 18.1 Å². The second-order valence-electron chi connectivity index (χ2n) is 7.27. The van der Waals surface area contributed by atoms with E-state index in [1.165, 1.54) is 0 Å². The predicted octanol–water partition coefficient (Wildman–Crippen LogP) is 6.27. The van der Waals surface area contributed by atoms with Crippen LogP contribution in [0.3, 0.4) is 0 Å². The van der Waals surface area contributed by atoms with Gasteiger partial charge in [-0.1, -0.05) is 56.3 Å². The van der Waals surface area contributed by atoms with Crippen LogP contribution in [0.2, 0.25) is 0 Å². The van der Waals surface area contributed by atoms with E-state index in [4.69, 9.17) is 9.47 Å². The average molecular weight is 391 g/mol. The highest BCUT2D eigenvalue weighted by atomic mass is 16.6. The van der Waals surface area contributed by atoms with Crippen LogP contribution in [0.25, 0.3) is 0 Å². The Labute approximate surface area is 171 Å². The van der Waals surface area contributed by atoms with Crippen LogP contribution in [-0.2, 0) is 16.8 Å². The Morgan fingerprint density at radius 3 is 2.28 bits per heavy atom. The molecule has 0 amide bonds. The normalized spacial score (nSPS) is 12.9. The molecular weight excluding hydrogens is 366 g/mol. The van der Waals surface area contributed by atoms with Crippen molar-refractivity contribution in [2.75, 3.05) is 6.61 Å². The molecule has 0 saturated heterocycles. The molecule has 3 aromatic rings. The summed E-state index contributed by atoms with van der Waals surface area (Å²) < 4.78 is 11.9. The lowest BCUT2D eigenvalue weighted by atomic mass is 9.81. The van der Waals surface area contributed by atoms with Gasteiger partial charge in [-0.15, -0.1) is 0 Å². The summed E-state index contributed by atoms with van der Waals surface area (Å²) in [6.07, 6.45) is 0.863. The molecule has 5 nitrogen and oxygen atoms in total. The van der Waals surface area contributed by atoms with Gasteiger partial charge in [0.25, 0.3) is 5.69 Å². The maximum Gasteiger partial charge on any atom is 0.269 e. The van der Waals surface area contributed by atoms with Gasteiger partial charge >= 0.3 is 0 Å². The molecule has 3 aromatic carbocycles. The van der Waals surface area contributed by atoms with Crippen molar-refractivity contribution in [3.63, 3.8) is 0 Å². The summed E-state index contributed by atoms with van der Waals surface area (Å²) in [5, 5.41) is 10.9. The Hall–Kier alpha value is -3.18. The van der Waals surface area contributed by atoms with Crippen LogP contribution in [-0.4, -0.2) is 11.5 Å². The number of nitro benzene ring substituents is 1. The molecule has 1 unspecified atom stereocenters. The molecule has 0 radical (unpaired) electrons. The summed E-state index contributed by atoms with van der Waals surface area (Å²) in [5.74, 6) is 1.56. The Morgan fingerprint density at radius 2 is 1.62 bits per heavy atom. The van der Waals surface area contributed by atoms with Gasteiger partial charge in [-0.05, 0) is 41.8 Å². The minimum absolute atomic E-state index is 0.100. The number of nitro groups is 1. The molecule has 0 bridgehead atoms. The number of hydrogen-bond donors (Lipinski definition) is 0. The molecule has 0 aliphatic carbocycles. The first-order valence-electron chi connectivity index (χ1n) is 9.65. The first-order valence-corrected chi connectivity index (χ1v) is 9.65. The maximum absolute atomic E-state index is 10.9. The lowest BCUT2D eigenvalue weighted by molar-refractivity contribution is -0.384. The predicted molar refractivity (Wildman–Crippen MR) is 113 cm³/mol. The average Bonchev–Trinajstić information content (AvgIpc) is 2.74. The van der Waals surface area contributed by atoms with Crippen LogP contribution in [0.5, 0.6) is 11.5 Å². The van der Waals surface area contributed by atoms with Crippen molar-refractivity contribution in [1.82, 2.24) is 0 Å². The fourth-order valence-electron chi connectivity index (χ4n) is 3.09. The lowest BCUT2D eigenvalue weighted by Crippen LogP contribution is -2.27. The third-order valence-electron chi connectivity index (χ3n) is 5.12. The minimum atomic E-state index is -0.381. The van der Waals surface area contributed by atoms with Crippen molar-refractivity contribution in [3.8, 4) is 11.5 Å². The number of benzene rings is 3. The van der Waals surface area contributed by atoms with Crippen molar-refractivity contribution >= 4 is 5.69 Å². The third kappa shape index (κ3) is 5.42. The summed E-state index contributed by atoms with van der Waals surface area (Å²) in [5.41, 5.74) is 1.95. The van der Waals surface area contributed by atoms with Gasteiger partial charge in [-0.3, -0.25) is 10.1 Å². The summed E-state index contributed by atoms with van der Waals surface area (Å²) in [6, 6.07) is 24.2. The van der Waals surface area contributed by atoms with Crippen LogP contribution < -0.4 is 4.74 Å². The van der Waals surface area contributed by atoms with Gasteiger partial charge in [0.15, 0.2) is 0 Å². The second kappa shape index (κ2) is 9.34. The number of rotatable bonds is 9. The Morgan fingerprint density at radius 1 is 0.931 bits per heavy atom. The van der Waals surface area contributed by atoms with Crippen molar-refractivity contribution in [3.05, 3.63) is 100 Å². The van der Waals surface area contributed by atoms with E-state index in [9.17, 15) is 10.1 Å². The molecule has 0 fully saturated rings. The molecule has 29 heavy (non-hydrogen) atoms. The molecule has 5 heteroatoms. The van der Waals surface area contributed by atoms with Crippen molar-refractivity contribution in [2.24, 2.45) is 0 Å². The van der Waals surface area contributed by atoms with E-state index in [2.05, 4.69) is 13.8 Å². The quantitative estimate of drug-likeness (QED) is 0.318. The van der Waals surface area contributed by atoms with Crippen molar-refractivity contribution in [1.29, 1.82) is 0 Å². The van der Waals surface area contributed by atoms with Crippen molar-refractivity contribution in [2.45, 2.75) is 32.3 Å². The van der Waals surface area contributed by atoms with Gasteiger partial charge in [-0.25, -0.2) is 0 Å². The molecule has 0 aliphatic heterocycles. The summed E-state index contributed by atoms with van der Waals surface area (Å²) >= 11 is 0. The number of nitrogens with zero attached hydrogens (tertiary/aromatic N) is 1. The molecule has 3 rings (SSSR count).